The lowest BCUT2D eigenvalue weighted by molar-refractivity contribution is 0.0697. The molecule has 0 unspecified atom stereocenters. The predicted molar refractivity (Wildman–Crippen MR) is 101 cm³/mol. The third kappa shape index (κ3) is 3.10. The molecule has 2 aromatic heterocycles. The van der Waals surface area contributed by atoms with E-state index in [9.17, 15) is 15.2 Å². The Kier molecular flexibility index (Phi) is 4.03. The average Bonchev–Trinajstić information content (AvgIpc) is 3.32. The van der Waals surface area contributed by atoms with E-state index < -0.39 is 5.97 Å². The molecule has 0 spiro atoms. The first-order chi connectivity index (χ1) is 13.2. The van der Waals surface area contributed by atoms with Gasteiger partial charge < -0.3 is 14.5 Å². The summed E-state index contributed by atoms with van der Waals surface area (Å²) in [5.41, 5.74) is 2.55. The van der Waals surface area contributed by atoms with Gasteiger partial charge in [0.05, 0.1) is 22.2 Å². The van der Waals surface area contributed by atoms with Gasteiger partial charge in [0, 0.05) is 11.6 Å². The number of imidazole rings is 1. The minimum Gasteiger partial charge on any atom is -0.478 e. The molecule has 0 aliphatic heterocycles. The van der Waals surface area contributed by atoms with Crippen LogP contribution in [0.25, 0.3) is 34.0 Å². The summed E-state index contributed by atoms with van der Waals surface area (Å²) in [6, 6.07) is 19.6. The molecule has 0 bridgehead atoms. The fourth-order valence-corrected chi connectivity index (χ4v) is 2.84. The van der Waals surface area contributed by atoms with E-state index in [1.54, 1.807) is 36.4 Å². The Balaban J connectivity index is 1.72. The molecule has 0 amide bonds. The van der Waals surface area contributed by atoms with Crippen LogP contribution < -0.4 is 0 Å². The summed E-state index contributed by atoms with van der Waals surface area (Å²) in [5.74, 6) is 0.269. The lowest BCUT2D eigenvalue weighted by atomic mass is 10.1. The van der Waals surface area contributed by atoms with Crippen LogP contribution in [0.4, 0.5) is 0 Å². The fourth-order valence-electron chi connectivity index (χ4n) is 2.84. The van der Waals surface area contributed by atoms with Crippen LogP contribution in [0.2, 0.25) is 0 Å². The maximum Gasteiger partial charge on any atom is 0.336 e. The molecular weight excluding hydrogens is 342 g/mol. The average molecular weight is 355 g/mol. The van der Waals surface area contributed by atoms with Crippen molar-refractivity contribution in [1.82, 2.24) is 9.97 Å². The molecule has 0 aliphatic carbocycles. The van der Waals surface area contributed by atoms with Crippen LogP contribution in [-0.4, -0.2) is 21.0 Å². The number of aromatic amines is 1. The van der Waals surface area contributed by atoms with E-state index in [4.69, 9.17) is 4.42 Å². The molecule has 0 radical (unpaired) electrons. The van der Waals surface area contributed by atoms with Crippen LogP contribution in [-0.2, 0) is 0 Å². The first-order valence-corrected chi connectivity index (χ1v) is 8.15. The van der Waals surface area contributed by atoms with Crippen molar-refractivity contribution in [2.24, 2.45) is 0 Å². The smallest absolute Gasteiger partial charge is 0.336 e. The Morgan fingerprint density at radius 2 is 1.89 bits per heavy atom. The monoisotopic (exact) mass is 355 g/mol. The number of benzene rings is 2. The second kappa shape index (κ2) is 6.65. The fraction of sp³-hybridized carbons (Fsp3) is 0. The number of nitrogens with one attached hydrogen (secondary N) is 1. The first kappa shape index (κ1) is 16.4. The highest BCUT2D eigenvalue weighted by Gasteiger charge is 2.14. The number of allylic oxidation sites excluding steroid dienone is 1. The molecule has 0 aliphatic rings. The number of aromatic nitrogens is 2. The van der Waals surface area contributed by atoms with Gasteiger partial charge in [-0.15, -0.1) is 0 Å². The van der Waals surface area contributed by atoms with E-state index >= 15 is 0 Å². The third-order valence-electron chi connectivity index (χ3n) is 4.10. The lowest BCUT2D eigenvalue weighted by Crippen LogP contribution is -1.98. The summed E-state index contributed by atoms with van der Waals surface area (Å²) < 4.78 is 5.76. The van der Waals surface area contributed by atoms with Crippen LogP contribution in [0.5, 0.6) is 0 Å². The van der Waals surface area contributed by atoms with Gasteiger partial charge in [0.2, 0.25) is 0 Å². The molecule has 0 fully saturated rings. The van der Waals surface area contributed by atoms with Gasteiger partial charge in [-0.05, 0) is 30.3 Å². The number of nitriles is 1. The number of para-hydroxylation sites is 2. The van der Waals surface area contributed by atoms with E-state index in [2.05, 4.69) is 16.0 Å². The second-order valence-corrected chi connectivity index (χ2v) is 5.83. The van der Waals surface area contributed by atoms with E-state index in [1.165, 1.54) is 6.07 Å². The Hall–Kier alpha value is -4.11. The van der Waals surface area contributed by atoms with Crippen molar-refractivity contribution < 1.29 is 14.3 Å². The van der Waals surface area contributed by atoms with Gasteiger partial charge in [0.25, 0.3) is 0 Å². The number of hydrogen-bond acceptors (Lipinski definition) is 4. The van der Waals surface area contributed by atoms with E-state index in [0.29, 0.717) is 28.5 Å². The van der Waals surface area contributed by atoms with Gasteiger partial charge in [-0.25, -0.2) is 9.78 Å². The largest absolute Gasteiger partial charge is 0.478 e. The number of fused-ring (bicyclic) bond motifs is 1. The van der Waals surface area contributed by atoms with E-state index in [-0.39, 0.29) is 5.56 Å². The van der Waals surface area contributed by atoms with Gasteiger partial charge in [0.15, 0.2) is 0 Å². The highest BCUT2D eigenvalue weighted by molar-refractivity contribution is 5.95. The molecule has 6 nitrogen and oxygen atoms in total. The highest BCUT2D eigenvalue weighted by Crippen LogP contribution is 2.28. The van der Waals surface area contributed by atoms with Crippen molar-refractivity contribution >= 4 is 28.7 Å². The Morgan fingerprint density at radius 1 is 1.11 bits per heavy atom. The van der Waals surface area contributed by atoms with Crippen molar-refractivity contribution in [1.29, 1.82) is 5.26 Å². The minimum absolute atomic E-state index is 0.153. The Morgan fingerprint density at radius 3 is 2.67 bits per heavy atom. The minimum atomic E-state index is -1.03. The number of H-pyrrole nitrogens is 1. The van der Waals surface area contributed by atoms with Crippen LogP contribution in [0.15, 0.2) is 65.1 Å². The van der Waals surface area contributed by atoms with Crippen molar-refractivity contribution in [2.75, 3.05) is 0 Å². The molecule has 0 atom stereocenters. The highest BCUT2D eigenvalue weighted by atomic mass is 16.4. The summed E-state index contributed by atoms with van der Waals surface area (Å²) in [4.78, 5) is 18.9. The van der Waals surface area contributed by atoms with Gasteiger partial charge in [-0.2, -0.15) is 5.26 Å². The van der Waals surface area contributed by atoms with Crippen molar-refractivity contribution in [3.8, 4) is 17.4 Å². The van der Waals surface area contributed by atoms with Crippen LogP contribution in [0, 0.1) is 11.3 Å². The number of hydrogen-bond donors (Lipinski definition) is 2. The van der Waals surface area contributed by atoms with Crippen LogP contribution in [0.1, 0.15) is 21.9 Å². The van der Waals surface area contributed by atoms with Crippen molar-refractivity contribution in [3.05, 3.63) is 77.8 Å². The normalized spacial score (nSPS) is 11.4. The second-order valence-electron chi connectivity index (χ2n) is 5.83. The van der Waals surface area contributed by atoms with Gasteiger partial charge in [0.1, 0.15) is 23.4 Å². The van der Waals surface area contributed by atoms with Crippen molar-refractivity contribution in [2.45, 2.75) is 0 Å². The molecule has 4 rings (SSSR count). The van der Waals surface area contributed by atoms with Crippen LogP contribution >= 0.6 is 0 Å². The van der Waals surface area contributed by atoms with E-state index in [0.717, 1.165) is 11.0 Å². The first-order valence-electron chi connectivity index (χ1n) is 8.15. The summed E-state index contributed by atoms with van der Waals surface area (Å²) in [5, 5.41) is 18.8. The molecule has 0 saturated heterocycles. The molecule has 2 heterocycles. The summed E-state index contributed by atoms with van der Waals surface area (Å²) in [7, 11) is 0. The molecular formula is C21H13N3O3. The molecule has 2 N–H and O–H groups in total. The number of carboxylic acids is 1. The molecule has 27 heavy (non-hydrogen) atoms. The SMILES string of the molecule is N#CC(=Cc1ccc(-c2ccccc2C(=O)O)o1)c1nc2ccccc2[nH]1. The number of aromatic carboxylic acids is 1. The Bertz CT molecular complexity index is 1190. The Labute approximate surface area is 154 Å². The summed E-state index contributed by atoms with van der Waals surface area (Å²) in [6.45, 7) is 0. The van der Waals surface area contributed by atoms with Crippen LogP contribution in [0.3, 0.4) is 0 Å². The quantitative estimate of drug-likeness (QED) is 0.521. The number of nitrogens with zero attached hydrogens (tertiary/aromatic N) is 2. The number of carbonyl (C=O) groups is 1. The zero-order valence-corrected chi connectivity index (χ0v) is 14.0. The molecule has 0 saturated carbocycles. The number of furan rings is 1. The maximum atomic E-state index is 11.4. The van der Waals surface area contributed by atoms with Gasteiger partial charge in [-0.1, -0.05) is 30.3 Å². The standard InChI is InChI=1S/C21H13N3O3/c22-12-13(20-23-17-7-3-4-8-18(17)24-20)11-14-9-10-19(27-14)15-5-1-2-6-16(15)21(25)26/h1-11H,(H,23,24)(H,25,26). The van der Waals surface area contributed by atoms with E-state index in [1.807, 2.05) is 24.3 Å². The summed E-state index contributed by atoms with van der Waals surface area (Å²) in [6.07, 6.45) is 1.57. The molecule has 4 aromatic rings. The maximum absolute atomic E-state index is 11.4. The number of rotatable bonds is 4. The third-order valence-corrected chi connectivity index (χ3v) is 4.10. The topological polar surface area (TPSA) is 103 Å². The van der Waals surface area contributed by atoms with Gasteiger partial charge in [-0.3, -0.25) is 0 Å². The predicted octanol–water partition coefficient (Wildman–Crippen LogP) is 4.59. The zero-order valence-electron chi connectivity index (χ0n) is 14.0. The molecule has 6 heteroatoms. The zero-order chi connectivity index (χ0) is 18.8. The van der Waals surface area contributed by atoms with Crippen molar-refractivity contribution in [3.63, 3.8) is 0 Å². The number of carboxylic acid groups (broad SMARTS) is 1. The van der Waals surface area contributed by atoms with Gasteiger partial charge >= 0.3 is 5.97 Å². The summed E-state index contributed by atoms with van der Waals surface area (Å²) >= 11 is 0. The lowest BCUT2D eigenvalue weighted by Gasteiger charge is -2.02. The molecule has 130 valence electrons. The molecule has 2 aromatic carbocycles.